The lowest BCUT2D eigenvalue weighted by atomic mass is 9.97. The summed E-state index contributed by atoms with van der Waals surface area (Å²) in [5.41, 5.74) is 0. The molecule has 18 heteroatoms. The molecule has 248 valence electrons. The summed E-state index contributed by atoms with van der Waals surface area (Å²) >= 11 is 0. The quantitative estimate of drug-likeness (QED) is 0.203. The van der Waals surface area contributed by atoms with Crippen LogP contribution in [0.4, 0.5) is 0 Å². The first-order valence-electron chi connectivity index (χ1n) is 13.3. The van der Waals surface area contributed by atoms with Crippen LogP contribution in [0.3, 0.4) is 0 Å². The zero-order valence-electron chi connectivity index (χ0n) is 25.1. The molecule has 2 aliphatic heterocycles. The maximum absolute atomic E-state index is 12.1. The van der Waals surface area contributed by atoms with Gasteiger partial charge in [-0.1, -0.05) is 0 Å². The van der Waals surface area contributed by atoms with Gasteiger partial charge in [-0.25, -0.2) is 0 Å². The minimum atomic E-state index is -1.90. The summed E-state index contributed by atoms with van der Waals surface area (Å²) < 4.78 is 53.7. The van der Waals surface area contributed by atoms with E-state index < -0.39 is 116 Å². The second-order valence-corrected chi connectivity index (χ2v) is 9.69. The largest absolute Gasteiger partial charge is 0.463 e. The van der Waals surface area contributed by atoms with Gasteiger partial charge in [-0.05, 0) is 0 Å². The molecule has 0 aromatic carbocycles. The predicted octanol–water partition coefficient (Wildman–Crippen LogP) is -1.40. The van der Waals surface area contributed by atoms with E-state index in [0.717, 1.165) is 48.5 Å². The average molecular weight is 637 g/mol. The minimum Gasteiger partial charge on any atom is -0.463 e. The third-order valence-corrected chi connectivity index (χ3v) is 5.89. The van der Waals surface area contributed by atoms with Crippen LogP contribution in [0.2, 0.25) is 0 Å². The molecular formula is C26H36O18. The van der Waals surface area contributed by atoms with Gasteiger partial charge >= 0.3 is 41.8 Å². The number of carbonyl (C=O) groups is 7. The maximum Gasteiger partial charge on any atom is 0.303 e. The van der Waals surface area contributed by atoms with E-state index in [-0.39, 0.29) is 0 Å². The molecule has 2 saturated heterocycles. The molecule has 0 bridgehead atoms. The van der Waals surface area contributed by atoms with Crippen LogP contribution in [0.5, 0.6) is 0 Å². The highest BCUT2D eigenvalue weighted by molar-refractivity contribution is 5.69. The number of rotatable bonds is 11. The molecule has 2 aliphatic rings. The molecule has 44 heavy (non-hydrogen) atoms. The molecular weight excluding hydrogens is 600 g/mol. The number of hydrogen-bond acceptors (Lipinski definition) is 18. The van der Waals surface area contributed by atoms with Crippen molar-refractivity contribution in [3.8, 4) is 0 Å². The summed E-state index contributed by atoms with van der Waals surface area (Å²) in [7, 11) is 0. The molecule has 10 atom stereocenters. The van der Waals surface area contributed by atoms with Crippen LogP contribution < -0.4 is 0 Å². The molecule has 0 aromatic heterocycles. The monoisotopic (exact) mass is 636 g/mol. The fourth-order valence-electron chi connectivity index (χ4n) is 4.52. The molecule has 0 aromatic rings. The van der Waals surface area contributed by atoms with E-state index in [0.29, 0.717) is 0 Å². The smallest absolute Gasteiger partial charge is 0.303 e. The Morgan fingerprint density at radius 1 is 0.477 bits per heavy atom. The minimum absolute atomic E-state index is 0.523. The number of aliphatic hydroxyl groups excluding tert-OH is 1. The third kappa shape index (κ3) is 10.7. The Hall–Kier alpha value is -3.87. The van der Waals surface area contributed by atoms with Gasteiger partial charge < -0.3 is 52.5 Å². The van der Waals surface area contributed by atoms with E-state index in [1.807, 2.05) is 0 Å². The van der Waals surface area contributed by atoms with E-state index in [9.17, 15) is 38.7 Å². The first-order valence-corrected chi connectivity index (χ1v) is 13.3. The van der Waals surface area contributed by atoms with E-state index in [4.69, 9.17) is 47.4 Å². The van der Waals surface area contributed by atoms with Crippen molar-refractivity contribution in [1.82, 2.24) is 0 Å². The van der Waals surface area contributed by atoms with Gasteiger partial charge in [-0.3, -0.25) is 33.6 Å². The summed E-state index contributed by atoms with van der Waals surface area (Å²) in [6.45, 7) is 6.15. The van der Waals surface area contributed by atoms with Crippen LogP contribution in [0, 0.1) is 0 Å². The number of ether oxygens (including phenoxy) is 10. The molecule has 2 fully saturated rings. The molecule has 0 amide bonds. The van der Waals surface area contributed by atoms with Crippen molar-refractivity contribution < 1.29 is 86.0 Å². The highest BCUT2D eigenvalue weighted by Gasteiger charge is 2.55. The lowest BCUT2D eigenvalue weighted by Crippen LogP contribution is -2.64. The van der Waals surface area contributed by atoms with Crippen LogP contribution in [0.15, 0.2) is 0 Å². The molecule has 0 spiro atoms. The van der Waals surface area contributed by atoms with Crippen molar-refractivity contribution in [2.75, 3.05) is 13.2 Å². The van der Waals surface area contributed by atoms with Crippen molar-refractivity contribution in [3.05, 3.63) is 0 Å². The van der Waals surface area contributed by atoms with Crippen molar-refractivity contribution in [1.29, 1.82) is 0 Å². The number of carbonyl (C=O) groups excluding carboxylic acids is 7. The fraction of sp³-hybridized carbons (Fsp3) is 0.731. The zero-order chi connectivity index (χ0) is 33.3. The van der Waals surface area contributed by atoms with E-state index >= 15 is 0 Å². The van der Waals surface area contributed by atoms with Gasteiger partial charge in [0.1, 0.15) is 18.8 Å². The first kappa shape index (κ1) is 36.3. The van der Waals surface area contributed by atoms with Crippen LogP contribution in [0.25, 0.3) is 0 Å². The molecule has 2 heterocycles. The van der Waals surface area contributed by atoms with Crippen molar-refractivity contribution in [2.45, 2.75) is 110 Å². The van der Waals surface area contributed by atoms with Crippen molar-refractivity contribution in [2.24, 2.45) is 0 Å². The Morgan fingerprint density at radius 3 is 1.27 bits per heavy atom. The van der Waals surface area contributed by atoms with Gasteiger partial charge in [0.15, 0.2) is 49.2 Å². The zero-order valence-corrected chi connectivity index (χ0v) is 25.1. The van der Waals surface area contributed by atoms with Crippen LogP contribution in [0.1, 0.15) is 48.5 Å². The Balaban J connectivity index is 2.48. The summed E-state index contributed by atoms with van der Waals surface area (Å²) in [5.74, 6) is -5.94. The number of aliphatic hydroxyl groups is 1. The van der Waals surface area contributed by atoms with Crippen LogP contribution in [-0.2, 0) is 80.9 Å². The summed E-state index contributed by atoms with van der Waals surface area (Å²) in [6.07, 6.45) is -15.6. The molecule has 1 N–H and O–H groups in total. The fourth-order valence-corrected chi connectivity index (χ4v) is 4.52. The molecule has 1 unspecified atom stereocenters. The Labute approximate surface area is 251 Å². The van der Waals surface area contributed by atoms with E-state index in [2.05, 4.69) is 0 Å². The van der Waals surface area contributed by atoms with E-state index in [1.54, 1.807) is 0 Å². The van der Waals surface area contributed by atoms with Crippen LogP contribution in [-0.4, -0.2) is 122 Å². The summed E-state index contributed by atoms with van der Waals surface area (Å²) in [4.78, 5) is 83.0. The summed E-state index contributed by atoms with van der Waals surface area (Å²) in [6, 6.07) is 0. The van der Waals surface area contributed by atoms with Crippen LogP contribution >= 0.6 is 0 Å². The average Bonchev–Trinajstić information content (AvgIpc) is 2.87. The Bertz CT molecular complexity index is 1090. The first-order chi connectivity index (χ1) is 20.5. The number of esters is 7. The second-order valence-electron chi connectivity index (χ2n) is 9.69. The second kappa shape index (κ2) is 16.3. The predicted molar refractivity (Wildman–Crippen MR) is 135 cm³/mol. The van der Waals surface area contributed by atoms with Crippen molar-refractivity contribution >= 4 is 41.8 Å². The lowest BCUT2D eigenvalue weighted by molar-refractivity contribution is -0.330. The molecule has 2 rings (SSSR count). The topological polar surface area (TPSA) is 232 Å². The van der Waals surface area contributed by atoms with E-state index in [1.165, 1.54) is 0 Å². The van der Waals surface area contributed by atoms with Crippen molar-refractivity contribution in [3.63, 3.8) is 0 Å². The lowest BCUT2D eigenvalue weighted by Gasteiger charge is -2.45. The Morgan fingerprint density at radius 2 is 0.841 bits per heavy atom. The third-order valence-electron chi connectivity index (χ3n) is 5.89. The molecule has 18 nitrogen and oxygen atoms in total. The van der Waals surface area contributed by atoms with Gasteiger partial charge in [-0.2, -0.15) is 0 Å². The standard InChI is InChI=1S/C26H36O18/c1-10(27)35-8-18-20(38-12(3)29)22(40-14(5)31)24(42-16(7)33)26(44-18)36-9-17-19(37-11(2)28)21(39-13(4)30)23(25(34)43-17)41-15(6)32/h17-26,34H,8-9H2,1-7H3/t17-,18-,19-,20+,21+,22+,23-,24-,25?,26+/m1/s1. The highest BCUT2D eigenvalue weighted by atomic mass is 16.7. The normalized spacial score (nSPS) is 31.5. The highest BCUT2D eigenvalue weighted by Crippen LogP contribution is 2.32. The van der Waals surface area contributed by atoms with Gasteiger partial charge in [0.05, 0.1) is 6.61 Å². The maximum atomic E-state index is 12.1. The molecule has 0 saturated carbocycles. The van der Waals surface area contributed by atoms with Gasteiger partial charge in [0.2, 0.25) is 0 Å². The van der Waals surface area contributed by atoms with Gasteiger partial charge in [0.25, 0.3) is 0 Å². The van der Waals surface area contributed by atoms with Gasteiger partial charge in [-0.15, -0.1) is 0 Å². The van der Waals surface area contributed by atoms with Gasteiger partial charge in [0, 0.05) is 48.5 Å². The summed E-state index contributed by atoms with van der Waals surface area (Å²) in [5, 5.41) is 10.6. The number of hydrogen-bond donors (Lipinski definition) is 1. The molecule has 0 aliphatic carbocycles. The SMILES string of the molecule is CC(=O)OC[C@H]1O[C@H](OC[C@H]2OC(O)[C@H](OC(C)=O)[C@@H](OC(C)=O)[C@@H]2OC(C)=O)[C@H](OC(C)=O)[C@@H](OC(C)=O)[C@H]1OC(C)=O. The Kier molecular flexibility index (Phi) is 13.4. The molecule has 0 radical (unpaired) electrons.